The van der Waals surface area contributed by atoms with Crippen molar-refractivity contribution in [2.24, 2.45) is 0 Å². The third kappa shape index (κ3) is 3.66. The van der Waals surface area contributed by atoms with Crippen LogP contribution in [0.25, 0.3) is 23.1 Å². The van der Waals surface area contributed by atoms with Gasteiger partial charge in [0.05, 0.1) is 5.69 Å². The minimum absolute atomic E-state index is 0.353. The van der Waals surface area contributed by atoms with Crippen molar-refractivity contribution in [1.29, 1.82) is 0 Å². The van der Waals surface area contributed by atoms with Gasteiger partial charge in [-0.05, 0) is 29.8 Å². The molecule has 114 valence electrons. The number of rotatable bonds is 3. The average Bonchev–Trinajstić information content (AvgIpc) is 2.54. The molecule has 0 spiro atoms. The molecule has 3 rings (SSSR count). The van der Waals surface area contributed by atoms with Crippen molar-refractivity contribution in [2.75, 3.05) is 0 Å². The first-order chi connectivity index (χ1) is 11.1. The predicted molar refractivity (Wildman–Crippen MR) is 96.1 cm³/mol. The van der Waals surface area contributed by atoms with Crippen LogP contribution < -0.4 is 4.74 Å². The van der Waals surface area contributed by atoms with Crippen LogP contribution in [0.1, 0.15) is 18.2 Å². The molecule has 1 heterocycles. The van der Waals surface area contributed by atoms with E-state index in [9.17, 15) is 4.79 Å². The van der Waals surface area contributed by atoms with E-state index in [-0.39, 0.29) is 5.97 Å². The smallest absolute Gasteiger partial charge is 0.308 e. The number of nitrogens with zero attached hydrogens (tertiary/aromatic N) is 1. The molecule has 0 aliphatic carbocycles. The standard InChI is InChI=1S/C19H14BrNO2/c1-13(22)23-18-8-4-6-15-10-12-16(21-19(15)18)11-9-14-5-2-3-7-17(14)20/h2-12H,1H3. The maximum atomic E-state index is 11.2. The van der Waals surface area contributed by atoms with Crippen LogP contribution >= 0.6 is 15.9 Å². The van der Waals surface area contributed by atoms with Crippen molar-refractivity contribution < 1.29 is 9.53 Å². The van der Waals surface area contributed by atoms with Gasteiger partial charge < -0.3 is 4.74 Å². The first-order valence-corrected chi connectivity index (χ1v) is 7.93. The van der Waals surface area contributed by atoms with Crippen LogP contribution in [-0.2, 0) is 4.79 Å². The third-order valence-corrected chi connectivity index (χ3v) is 4.02. The lowest BCUT2D eigenvalue weighted by molar-refractivity contribution is -0.131. The monoisotopic (exact) mass is 367 g/mol. The van der Waals surface area contributed by atoms with Crippen molar-refractivity contribution in [3.05, 3.63) is 70.3 Å². The Bertz CT molecular complexity index is 903. The van der Waals surface area contributed by atoms with Crippen LogP contribution in [0.5, 0.6) is 5.75 Å². The van der Waals surface area contributed by atoms with Gasteiger partial charge in [0.15, 0.2) is 5.75 Å². The van der Waals surface area contributed by atoms with E-state index >= 15 is 0 Å². The molecule has 4 heteroatoms. The molecule has 0 unspecified atom stereocenters. The van der Waals surface area contributed by atoms with Crippen molar-refractivity contribution in [3.8, 4) is 5.75 Å². The van der Waals surface area contributed by atoms with Gasteiger partial charge in [-0.2, -0.15) is 0 Å². The van der Waals surface area contributed by atoms with Gasteiger partial charge in [0, 0.05) is 16.8 Å². The van der Waals surface area contributed by atoms with Crippen LogP contribution in [0.4, 0.5) is 0 Å². The van der Waals surface area contributed by atoms with Gasteiger partial charge in [0.1, 0.15) is 5.52 Å². The van der Waals surface area contributed by atoms with Crippen LogP contribution in [0.15, 0.2) is 59.1 Å². The van der Waals surface area contributed by atoms with E-state index in [1.807, 2.05) is 60.7 Å². The van der Waals surface area contributed by atoms with E-state index < -0.39 is 0 Å². The number of carbonyl (C=O) groups is 1. The molecule has 0 aliphatic rings. The Morgan fingerprint density at radius 1 is 1.04 bits per heavy atom. The summed E-state index contributed by atoms with van der Waals surface area (Å²) in [6.07, 6.45) is 3.93. The summed E-state index contributed by atoms with van der Waals surface area (Å²) >= 11 is 3.52. The van der Waals surface area contributed by atoms with Gasteiger partial charge in [0.2, 0.25) is 0 Å². The number of carbonyl (C=O) groups excluding carboxylic acids is 1. The van der Waals surface area contributed by atoms with Gasteiger partial charge in [0.25, 0.3) is 0 Å². The Hall–Kier alpha value is -2.46. The summed E-state index contributed by atoms with van der Waals surface area (Å²) in [5, 5.41) is 0.932. The van der Waals surface area contributed by atoms with Gasteiger partial charge >= 0.3 is 5.97 Å². The topological polar surface area (TPSA) is 39.2 Å². The first kappa shape index (κ1) is 15.4. The Morgan fingerprint density at radius 2 is 1.87 bits per heavy atom. The van der Waals surface area contributed by atoms with Crippen LogP contribution in [0.3, 0.4) is 0 Å². The molecule has 0 radical (unpaired) electrons. The van der Waals surface area contributed by atoms with Crippen molar-refractivity contribution >= 4 is 45.0 Å². The molecule has 2 aromatic carbocycles. The minimum atomic E-state index is -0.353. The molecule has 3 aromatic rings. The molecule has 3 nitrogen and oxygen atoms in total. The highest BCUT2D eigenvalue weighted by atomic mass is 79.9. The summed E-state index contributed by atoms with van der Waals surface area (Å²) in [6, 6.07) is 17.4. The fourth-order valence-corrected chi connectivity index (χ4v) is 2.67. The van der Waals surface area contributed by atoms with Gasteiger partial charge in [-0.15, -0.1) is 0 Å². The summed E-state index contributed by atoms with van der Waals surface area (Å²) in [7, 11) is 0. The number of hydrogen-bond acceptors (Lipinski definition) is 3. The van der Waals surface area contributed by atoms with Crippen molar-refractivity contribution in [3.63, 3.8) is 0 Å². The summed E-state index contributed by atoms with van der Waals surface area (Å²) in [4.78, 5) is 15.8. The second-order valence-corrected chi connectivity index (χ2v) is 5.87. The van der Waals surface area contributed by atoms with Crippen LogP contribution in [-0.4, -0.2) is 11.0 Å². The number of para-hydroxylation sites is 1. The summed E-state index contributed by atoms with van der Waals surface area (Å²) in [5.41, 5.74) is 2.55. The zero-order valence-corrected chi connectivity index (χ0v) is 14.1. The number of fused-ring (bicyclic) bond motifs is 1. The van der Waals surface area contributed by atoms with E-state index in [0.717, 1.165) is 21.1 Å². The molecular weight excluding hydrogens is 354 g/mol. The molecule has 23 heavy (non-hydrogen) atoms. The predicted octanol–water partition coefficient (Wildman–Crippen LogP) is 5.09. The van der Waals surface area contributed by atoms with Crippen molar-refractivity contribution in [1.82, 2.24) is 4.98 Å². The fraction of sp³-hybridized carbons (Fsp3) is 0.0526. The van der Waals surface area contributed by atoms with E-state index in [2.05, 4.69) is 20.9 Å². The zero-order chi connectivity index (χ0) is 16.2. The van der Waals surface area contributed by atoms with E-state index in [1.54, 1.807) is 6.07 Å². The molecule has 0 amide bonds. The lowest BCUT2D eigenvalue weighted by Crippen LogP contribution is -2.02. The SMILES string of the molecule is CC(=O)Oc1cccc2ccc(C=Cc3ccccc3Br)nc12. The molecule has 0 aliphatic heterocycles. The summed E-state index contributed by atoms with van der Waals surface area (Å²) in [6.45, 7) is 1.38. The average molecular weight is 368 g/mol. The van der Waals surface area contributed by atoms with Gasteiger partial charge in [-0.1, -0.05) is 58.4 Å². The Labute approximate surface area is 142 Å². The molecule has 1 aromatic heterocycles. The maximum absolute atomic E-state index is 11.2. The normalized spacial score (nSPS) is 11.0. The van der Waals surface area contributed by atoms with E-state index in [1.165, 1.54) is 6.92 Å². The third-order valence-electron chi connectivity index (χ3n) is 3.30. The quantitative estimate of drug-likeness (QED) is 0.477. The molecule has 0 atom stereocenters. The van der Waals surface area contributed by atoms with Gasteiger partial charge in [-0.3, -0.25) is 4.79 Å². The highest BCUT2D eigenvalue weighted by molar-refractivity contribution is 9.10. The second kappa shape index (κ2) is 6.75. The number of esters is 1. The van der Waals surface area contributed by atoms with Crippen LogP contribution in [0.2, 0.25) is 0 Å². The molecule has 0 saturated carbocycles. The van der Waals surface area contributed by atoms with E-state index in [0.29, 0.717) is 11.3 Å². The maximum Gasteiger partial charge on any atom is 0.308 e. The number of benzene rings is 2. The molecule has 0 fully saturated rings. The van der Waals surface area contributed by atoms with E-state index in [4.69, 9.17) is 4.74 Å². The summed E-state index contributed by atoms with van der Waals surface area (Å²) < 4.78 is 6.26. The van der Waals surface area contributed by atoms with Gasteiger partial charge in [-0.25, -0.2) is 4.98 Å². The first-order valence-electron chi connectivity index (χ1n) is 7.14. The summed E-state index contributed by atoms with van der Waals surface area (Å²) in [5.74, 6) is 0.125. The Morgan fingerprint density at radius 3 is 2.65 bits per heavy atom. The highest BCUT2D eigenvalue weighted by Gasteiger charge is 2.06. The highest BCUT2D eigenvalue weighted by Crippen LogP contribution is 2.25. The Balaban J connectivity index is 1.99. The number of aromatic nitrogens is 1. The number of ether oxygens (including phenoxy) is 1. The second-order valence-electron chi connectivity index (χ2n) is 5.01. The molecule has 0 bridgehead atoms. The molecule has 0 saturated heterocycles. The largest absolute Gasteiger partial charge is 0.424 e. The van der Waals surface area contributed by atoms with Crippen LogP contribution in [0, 0.1) is 0 Å². The number of halogens is 1. The molecular formula is C19H14BrNO2. The lowest BCUT2D eigenvalue weighted by Gasteiger charge is -2.06. The lowest BCUT2D eigenvalue weighted by atomic mass is 10.1. The number of pyridine rings is 1. The number of hydrogen-bond donors (Lipinski definition) is 0. The zero-order valence-electron chi connectivity index (χ0n) is 12.5. The fourth-order valence-electron chi connectivity index (χ4n) is 2.25. The van der Waals surface area contributed by atoms with Crippen molar-refractivity contribution in [2.45, 2.75) is 6.92 Å². The minimum Gasteiger partial charge on any atom is -0.424 e. The molecule has 0 N–H and O–H groups in total. The Kier molecular flexibility index (Phi) is 4.53.